The normalized spacial score (nSPS) is 11.8. The molecule has 0 bridgehead atoms. The number of allylic oxidation sites excluding steroid dienone is 4. The average Bonchev–Trinajstić information content (AvgIpc) is 2.03. The predicted octanol–water partition coefficient (Wildman–Crippen LogP) is 3.89. The molecule has 0 nitrogen and oxygen atoms in total. The summed E-state index contributed by atoms with van der Waals surface area (Å²) in [5.41, 5.74) is 0. The Morgan fingerprint density at radius 3 is 2.55 bits per heavy atom. The van der Waals surface area contributed by atoms with Gasteiger partial charge in [-0.15, -0.1) is 0 Å². The summed E-state index contributed by atoms with van der Waals surface area (Å²) in [6.45, 7) is 4.39. The van der Waals surface area contributed by atoms with Gasteiger partial charge in [-0.1, -0.05) is 51.3 Å². The van der Waals surface area contributed by atoms with E-state index in [1.54, 1.807) is 0 Å². The van der Waals surface area contributed by atoms with Crippen molar-refractivity contribution in [1.29, 1.82) is 0 Å². The van der Waals surface area contributed by atoms with Gasteiger partial charge in [-0.25, -0.2) is 0 Å². The van der Waals surface area contributed by atoms with Gasteiger partial charge in [0.1, 0.15) is 0 Å². The van der Waals surface area contributed by atoms with Crippen molar-refractivity contribution in [3.63, 3.8) is 0 Å². The van der Waals surface area contributed by atoms with E-state index < -0.39 is 0 Å². The first-order valence-corrected chi connectivity index (χ1v) is 4.64. The average molecular weight is 151 g/mol. The minimum atomic E-state index is 1.17. The van der Waals surface area contributed by atoms with Crippen LogP contribution < -0.4 is 0 Å². The number of unbranched alkanes of at least 4 members (excludes halogenated alkanes) is 3. The van der Waals surface area contributed by atoms with Gasteiger partial charge >= 0.3 is 0 Å². The van der Waals surface area contributed by atoms with E-state index in [9.17, 15) is 0 Å². The molecule has 0 saturated carbocycles. The third-order valence-electron chi connectivity index (χ3n) is 1.49. The highest BCUT2D eigenvalue weighted by molar-refractivity contribution is 4.94. The monoisotopic (exact) mass is 151 g/mol. The second-order valence-corrected chi connectivity index (χ2v) is 2.70. The van der Waals surface area contributed by atoms with Crippen LogP contribution in [0.3, 0.4) is 0 Å². The summed E-state index contributed by atoms with van der Waals surface area (Å²) < 4.78 is 0. The molecule has 0 aliphatic rings. The lowest BCUT2D eigenvalue weighted by Gasteiger charge is -1.85. The molecule has 0 heterocycles. The maximum absolute atomic E-state index is 3.15. The molecule has 11 heavy (non-hydrogen) atoms. The van der Waals surface area contributed by atoms with Crippen LogP contribution in [0.4, 0.5) is 0 Å². The van der Waals surface area contributed by atoms with Crippen molar-refractivity contribution in [1.82, 2.24) is 0 Å². The van der Waals surface area contributed by atoms with Gasteiger partial charge in [0.05, 0.1) is 0 Å². The van der Waals surface area contributed by atoms with E-state index in [2.05, 4.69) is 32.1 Å². The second kappa shape index (κ2) is 9.48. The molecule has 0 amide bonds. The van der Waals surface area contributed by atoms with Crippen LogP contribution in [-0.2, 0) is 0 Å². The van der Waals surface area contributed by atoms with Crippen molar-refractivity contribution < 1.29 is 0 Å². The predicted molar refractivity (Wildman–Crippen MR) is 51.4 cm³/mol. The van der Waals surface area contributed by atoms with Crippen molar-refractivity contribution >= 4 is 0 Å². The molecule has 0 N–H and O–H groups in total. The standard InChI is InChI=1S/C11H19/c1-3-5-7-9-11-10-8-6-4-2/h7,9-10H,3-6,8H2,1-2H3. The molecule has 0 rings (SSSR count). The van der Waals surface area contributed by atoms with E-state index in [0.29, 0.717) is 0 Å². The Balaban J connectivity index is 3.14. The Hall–Kier alpha value is -0.520. The molecule has 0 unspecified atom stereocenters. The first-order chi connectivity index (χ1) is 5.41. The molecule has 0 aliphatic carbocycles. The zero-order valence-electron chi connectivity index (χ0n) is 7.77. The van der Waals surface area contributed by atoms with E-state index in [1.165, 1.54) is 32.1 Å². The molecule has 0 saturated heterocycles. The van der Waals surface area contributed by atoms with Crippen LogP contribution in [0, 0.1) is 6.08 Å². The summed E-state index contributed by atoms with van der Waals surface area (Å²) in [7, 11) is 0. The molecule has 1 radical (unpaired) electrons. The number of hydrogen-bond acceptors (Lipinski definition) is 0. The zero-order valence-corrected chi connectivity index (χ0v) is 7.77. The summed E-state index contributed by atoms with van der Waals surface area (Å²) in [5.74, 6) is 0. The fourth-order valence-corrected chi connectivity index (χ4v) is 0.776. The molecule has 0 fully saturated rings. The van der Waals surface area contributed by atoms with Crippen molar-refractivity contribution in [2.45, 2.75) is 46.0 Å². The summed E-state index contributed by atoms with van der Waals surface area (Å²) in [5, 5.41) is 0. The quantitative estimate of drug-likeness (QED) is 0.399. The highest BCUT2D eigenvalue weighted by atomic mass is 13.8. The Kier molecular flexibility index (Phi) is 9.03. The lowest BCUT2D eigenvalue weighted by molar-refractivity contribution is 0.814. The third kappa shape index (κ3) is 9.48. The van der Waals surface area contributed by atoms with E-state index in [1.807, 2.05) is 6.08 Å². The molecule has 0 aromatic rings. The molecule has 0 spiro atoms. The third-order valence-corrected chi connectivity index (χ3v) is 1.49. The van der Waals surface area contributed by atoms with Crippen LogP contribution in [0.15, 0.2) is 18.2 Å². The van der Waals surface area contributed by atoms with E-state index in [4.69, 9.17) is 0 Å². The maximum Gasteiger partial charge on any atom is -0.0230 e. The van der Waals surface area contributed by atoms with Crippen LogP contribution in [0.1, 0.15) is 46.0 Å². The Morgan fingerprint density at radius 1 is 1.09 bits per heavy atom. The van der Waals surface area contributed by atoms with Crippen molar-refractivity contribution in [3.8, 4) is 0 Å². The summed E-state index contributed by atoms with van der Waals surface area (Å²) in [6, 6.07) is 0. The first kappa shape index (κ1) is 10.5. The molecule has 0 aliphatic heterocycles. The van der Waals surface area contributed by atoms with Gasteiger partial charge in [-0.3, -0.25) is 0 Å². The SMILES string of the molecule is CCCC=C/[C]=C/CCCC. The second-order valence-electron chi connectivity index (χ2n) is 2.70. The summed E-state index contributed by atoms with van der Waals surface area (Å²) in [6.07, 6.45) is 15.6. The fourth-order valence-electron chi connectivity index (χ4n) is 0.776. The number of rotatable bonds is 6. The van der Waals surface area contributed by atoms with Crippen LogP contribution in [0.25, 0.3) is 0 Å². The topological polar surface area (TPSA) is 0 Å². The Labute approximate surface area is 71.0 Å². The van der Waals surface area contributed by atoms with Gasteiger partial charge in [0.2, 0.25) is 0 Å². The van der Waals surface area contributed by atoms with E-state index in [-0.39, 0.29) is 0 Å². The lowest BCUT2D eigenvalue weighted by Crippen LogP contribution is -1.66. The van der Waals surface area contributed by atoms with Gasteiger partial charge in [0, 0.05) is 0 Å². The number of hydrogen-bond donors (Lipinski definition) is 0. The van der Waals surface area contributed by atoms with Crippen LogP contribution in [0.5, 0.6) is 0 Å². The van der Waals surface area contributed by atoms with Crippen LogP contribution in [0.2, 0.25) is 0 Å². The van der Waals surface area contributed by atoms with Crippen molar-refractivity contribution in [3.05, 3.63) is 24.3 Å². The lowest BCUT2D eigenvalue weighted by atomic mass is 10.2. The van der Waals surface area contributed by atoms with Crippen molar-refractivity contribution in [2.24, 2.45) is 0 Å². The minimum absolute atomic E-state index is 1.17. The van der Waals surface area contributed by atoms with Gasteiger partial charge in [-0.05, 0) is 18.9 Å². The molecular formula is C11H19. The van der Waals surface area contributed by atoms with Gasteiger partial charge in [0.25, 0.3) is 0 Å². The summed E-state index contributed by atoms with van der Waals surface area (Å²) in [4.78, 5) is 0. The molecule has 63 valence electrons. The smallest absolute Gasteiger partial charge is 0.0230 e. The van der Waals surface area contributed by atoms with Crippen LogP contribution >= 0.6 is 0 Å². The molecule has 0 atom stereocenters. The van der Waals surface area contributed by atoms with Gasteiger partial charge in [-0.2, -0.15) is 0 Å². The largest absolute Gasteiger partial charge is 0.0839 e. The van der Waals surface area contributed by atoms with Crippen molar-refractivity contribution in [2.75, 3.05) is 0 Å². The molecule has 0 heteroatoms. The van der Waals surface area contributed by atoms with Crippen LogP contribution in [-0.4, -0.2) is 0 Å². The summed E-state index contributed by atoms with van der Waals surface area (Å²) >= 11 is 0. The Morgan fingerprint density at radius 2 is 1.91 bits per heavy atom. The highest BCUT2D eigenvalue weighted by Crippen LogP contribution is 1.95. The fraction of sp³-hybridized carbons (Fsp3) is 0.636. The maximum atomic E-state index is 3.15. The zero-order chi connectivity index (χ0) is 8.36. The minimum Gasteiger partial charge on any atom is -0.0839 e. The van der Waals surface area contributed by atoms with Gasteiger partial charge in [0.15, 0.2) is 0 Å². The van der Waals surface area contributed by atoms with E-state index in [0.717, 1.165) is 0 Å². The van der Waals surface area contributed by atoms with E-state index >= 15 is 0 Å². The van der Waals surface area contributed by atoms with Gasteiger partial charge < -0.3 is 0 Å². The Bertz CT molecular complexity index is 109. The highest BCUT2D eigenvalue weighted by Gasteiger charge is 1.75. The molecule has 0 aromatic heterocycles. The molecular weight excluding hydrogens is 132 g/mol. The first-order valence-electron chi connectivity index (χ1n) is 4.64. The molecule has 0 aromatic carbocycles.